The van der Waals surface area contributed by atoms with Crippen LogP contribution >= 0.6 is 23.8 Å². The van der Waals surface area contributed by atoms with Gasteiger partial charge in [0.15, 0.2) is 0 Å². The first-order valence-electron chi connectivity index (χ1n) is 8.36. The second-order valence-electron chi connectivity index (χ2n) is 6.24. The zero-order valence-corrected chi connectivity index (χ0v) is 15.7. The summed E-state index contributed by atoms with van der Waals surface area (Å²) in [5.74, 6) is 0.0758. The molecule has 2 heterocycles. The Labute approximate surface area is 165 Å². The number of anilines is 1. The number of halogens is 1. The lowest BCUT2D eigenvalue weighted by Gasteiger charge is -2.10. The maximum absolute atomic E-state index is 12.7. The van der Waals surface area contributed by atoms with Crippen LogP contribution in [-0.4, -0.2) is 27.4 Å². The summed E-state index contributed by atoms with van der Waals surface area (Å²) in [6.45, 7) is 0.344. The molecule has 27 heavy (non-hydrogen) atoms. The van der Waals surface area contributed by atoms with Gasteiger partial charge >= 0.3 is 0 Å². The van der Waals surface area contributed by atoms with E-state index in [9.17, 15) is 9.59 Å². The van der Waals surface area contributed by atoms with Gasteiger partial charge in [-0.1, -0.05) is 35.9 Å². The van der Waals surface area contributed by atoms with E-state index in [1.54, 1.807) is 12.1 Å². The lowest BCUT2D eigenvalue weighted by atomic mass is 10.2. The fraction of sp³-hybridized carbons (Fsp3) is 0.158. The summed E-state index contributed by atoms with van der Waals surface area (Å²) >= 11 is 11.2. The van der Waals surface area contributed by atoms with Gasteiger partial charge in [-0.3, -0.25) is 9.59 Å². The average Bonchev–Trinajstić information content (AvgIpc) is 2.97. The Morgan fingerprint density at radius 3 is 2.89 bits per heavy atom. The first-order chi connectivity index (χ1) is 13.0. The predicted octanol–water partition coefficient (Wildman–Crippen LogP) is 3.56. The fourth-order valence-electron chi connectivity index (χ4n) is 3.11. The van der Waals surface area contributed by atoms with Gasteiger partial charge in [0.25, 0.3) is 5.91 Å². The van der Waals surface area contributed by atoms with Crippen molar-refractivity contribution in [2.24, 2.45) is 0 Å². The molecular weight excluding hydrogens is 384 g/mol. The summed E-state index contributed by atoms with van der Waals surface area (Å²) in [5, 5.41) is 7.35. The molecule has 2 aromatic carbocycles. The highest BCUT2D eigenvalue weighted by Gasteiger charge is 2.33. The summed E-state index contributed by atoms with van der Waals surface area (Å²) in [4.78, 5) is 29.3. The minimum Gasteiger partial charge on any atom is -0.358 e. The Bertz CT molecular complexity index is 1130. The quantitative estimate of drug-likeness (QED) is 0.657. The van der Waals surface area contributed by atoms with E-state index in [2.05, 4.69) is 15.6 Å². The van der Waals surface area contributed by atoms with Crippen LogP contribution in [0.15, 0.2) is 48.5 Å². The van der Waals surface area contributed by atoms with Crippen LogP contribution in [0.4, 0.5) is 5.82 Å². The molecule has 0 aliphatic carbocycles. The number of carbonyl (C=O) groups is 2. The highest BCUT2D eigenvalue weighted by Crippen LogP contribution is 2.28. The van der Waals surface area contributed by atoms with E-state index in [4.69, 9.17) is 23.8 Å². The van der Waals surface area contributed by atoms with Crippen molar-refractivity contribution in [2.75, 3.05) is 5.32 Å². The average molecular weight is 399 g/mol. The van der Waals surface area contributed by atoms with Crippen LogP contribution in [0.2, 0.25) is 5.02 Å². The number of carbonyl (C=O) groups excluding carboxylic acids is 2. The van der Waals surface area contributed by atoms with Crippen LogP contribution in [0.3, 0.4) is 0 Å². The number of nitrogens with zero attached hydrogens (tertiary/aromatic N) is 2. The number of fused-ring (bicyclic) bond motifs is 3. The van der Waals surface area contributed by atoms with Gasteiger partial charge in [-0.15, -0.1) is 0 Å². The van der Waals surface area contributed by atoms with Gasteiger partial charge < -0.3 is 10.6 Å². The predicted molar refractivity (Wildman–Crippen MR) is 107 cm³/mol. The number of amides is 1. The van der Waals surface area contributed by atoms with E-state index in [-0.39, 0.29) is 23.0 Å². The molecule has 1 amide bonds. The van der Waals surface area contributed by atoms with Crippen molar-refractivity contribution in [3.63, 3.8) is 0 Å². The smallest absolute Gasteiger partial charge is 0.257 e. The van der Waals surface area contributed by atoms with Crippen LogP contribution in [-0.2, 0) is 11.3 Å². The molecule has 4 rings (SSSR count). The maximum Gasteiger partial charge on any atom is 0.257 e. The highest BCUT2D eigenvalue weighted by atomic mass is 35.5. The van der Waals surface area contributed by atoms with E-state index in [0.29, 0.717) is 22.9 Å². The molecule has 6 nitrogen and oxygen atoms in total. The van der Waals surface area contributed by atoms with Gasteiger partial charge in [-0.05, 0) is 42.0 Å². The Kier molecular flexibility index (Phi) is 4.63. The molecule has 2 N–H and O–H groups in total. The van der Waals surface area contributed by atoms with Crippen LogP contribution in [0.25, 0.3) is 10.9 Å². The Hall–Kier alpha value is -2.77. The molecule has 0 fully saturated rings. The molecule has 8 heteroatoms. The molecule has 1 atom stereocenters. The van der Waals surface area contributed by atoms with E-state index in [1.807, 2.05) is 36.4 Å². The van der Waals surface area contributed by atoms with Crippen molar-refractivity contribution < 1.29 is 9.59 Å². The largest absolute Gasteiger partial charge is 0.358 e. The van der Waals surface area contributed by atoms with Crippen molar-refractivity contribution in [3.05, 3.63) is 63.9 Å². The molecule has 3 aromatic rings. The van der Waals surface area contributed by atoms with Crippen LogP contribution in [0.5, 0.6) is 0 Å². The number of nitrogens with one attached hydrogen (secondary N) is 2. The van der Waals surface area contributed by atoms with Crippen LogP contribution in [0, 0.1) is 4.77 Å². The van der Waals surface area contributed by atoms with Gasteiger partial charge in [0.05, 0.1) is 11.9 Å². The third-order valence-electron chi connectivity index (χ3n) is 4.39. The summed E-state index contributed by atoms with van der Waals surface area (Å²) in [7, 11) is 0. The first kappa shape index (κ1) is 17.6. The normalized spacial score (nSPS) is 15.4. The molecule has 0 saturated carbocycles. The van der Waals surface area contributed by atoms with E-state index < -0.39 is 6.04 Å². The van der Waals surface area contributed by atoms with Gasteiger partial charge in [-0.2, -0.15) is 0 Å². The van der Waals surface area contributed by atoms with Crippen molar-refractivity contribution >= 4 is 52.4 Å². The van der Waals surface area contributed by atoms with Crippen molar-refractivity contribution in [1.82, 2.24) is 14.9 Å². The SMILES string of the molecule is O=C(C[C@@H]1Nc2c3ccccc3nc(=S)n2C1=O)NCc1cccc(Cl)c1. The van der Waals surface area contributed by atoms with Crippen molar-refractivity contribution in [3.8, 4) is 0 Å². The lowest BCUT2D eigenvalue weighted by molar-refractivity contribution is -0.121. The van der Waals surface area contributed by atoms with Crippen molar-refractivity contribution in [2.45, 2.75) is 19.0 Å². The Balaban J connectivity index is 1.50. The molecule has 1 aliphatic rings. The number of benzene rings is 2. The molecule has 0 unspecified atom stereocenters. The lowest BCUT2D eigenvalue weighted by Crippen LogP contribution is -2.33. The Morgan fingerprint density at radius 1 is 1.26 bits per heavy atom. The number of para-hydroxylation sites is 1. The second-order valence-corrected chi connectivity index (χ2v) is 7.04. The molecular formula is C19H15ClN4O2S. The number of hydrogen-bond acceptors (Lipinski definition) is 5. The summed E-state index contributed by atoms with van der Waals surface area (Å²) in [5.41, 5.74) is 1.60. The van der Waals surface area contributed by atoms with Crippen LogP contribution < -0.4 is 10.6 Å². The number of rotatable bonds is 4. The Morgan fingerprint density at radius 2 is 2.07 bits per heavy atom. The maximum atomic E-state index is 12.7. The molecule has 0 radical (unpaired) electrons. The molecule has 0 bridgehead atoms. The third-order valence-corrected chi connectivity index (χ3v) is 4.90. The molecule has 0 saturated heterocycles. The van der Waals surface area contributed by atoms with Gasteiger partial charge in [0, 0.05) is 17.0 Å². The molecule has 136 valence electrons. The van der Waals surface area contributed by atoms with Crippen LogP contribution in [0.1, 0.15) is 16.8 Å². The number of aromatic nitrogens is 2. The number of hydrogen-bond donors (Lipinski definition) is 2. The van der Waals surface area contributed by atoms with Gasteiger partial charge in [-0.25, -0.2) is 9.55 Å². The molecule has 1 aromatic heterocycles. The minimum absolute atomic E-state index is 0.00415. The monoisotopic (exact) mass is 398 g/mol. The first-order valence-corrected chi connectivity index (χ1v) is 9.15. The topological polar surface area (TPSA) is 76.0 Å². The minimum atomic E-state index is -0.682. The summed E-state index contributed by atoms with van der Waals surface area (Å²) in [6.07, 6.45) is 0.00415. The standard InChI is InChI=1S/C19H15ClN4O2S/c20-12-5-3-4-11(8-12)10-21-16(25)9-15-18(26)24-17(22-15)13-6-1-2-7-14(13)23-19(24)27/h1-8,15,22H,9-10H2,(H,21,25)/t15-/m0/s1. The van der Waals surface area contributed by atoms with E-state index >= 15 is 0 Å². The van der Waals surface area contributed by atoms with Crippen molar-refractivity contribution in [1.29, 1.82) is 0 Å². The molecule has 1 aliphatic heterocycles. The zero-order valence-electron chi connectivity index (χ0n) is 14.1. The van der Waals surface area contributed by atoms with Gasteiger partial charge in [0.2, 0.25) is 10.7 Å². The zero-order chi connectivity index (χ0) is 19.0. The second kappa shape index (κ2) is 7.09. The van der Waals surface area contributed by atoms with Gasteiger partial charge in [0.1, 0.15) is 11.9 Å². The summed E-state index contributed by atoms with van der Waals surface area (Å²) in [6, 6.07) is 14.0. The highest BCUT2D eigenvalue weighted by molar-refractivity contribution is 7.71. The summed E-state index contributed by atoms with van der Waals surface area (Å²) < 4.78 is 1.55. The third kappa shape index (κ3) is 3.43. The molecule has 0 spiro atoms. The fourth-order valence-corrected chi connectivity index (χ4v) is 3.61. The van der Waals surface area contributed by atoms with E-state index in [1.165, 1.54) is 4.57 Å². The van der Waals surface area contributed by atoms with E-state index in [0.717, 1.165) is 10.9 Å².